The van der Waals surface area contributed by atoms with Crippen molar-refractivity contribution in [3.63, 3.8) is 0 Å². The third-order valence-corrected chi connectivity index (χ3v) is 2.60. The van der Waals surface area contributed by atoms with Crippen LogP contribution in [0.2, 0.25) is 0 Å². The van der Waals surface area contributed by atoms with Gasteiger partial charge in [-0.2, -0.15) is 5.26 Å². The average Bonchev–Trinajstić information content (AvgIpc) is 2.72. The zero-order chi connectivity index (χ0) is 11.5. The van der Waals surface area contributed by atoms with Crippen LogP contribution in [0.15, 0.2) is 24.3 Å². The van der Waals surface area contributed by atoms with E-state index in [1.165, 1.54) is 0 Å². The number of nitriles is 1. The van der Waals surface area contributed by atoms with Gasteiger partial charge in [0.15, 0.2) is 0 Å². The first-order valence-corrected chi connectivity index (χ1v) is 5.14. The average molecular weight is 216 g/mol. The molecule has 0 saturated carbocycles. The Balaban J connectivity index is 2.10. The molecule has 2 atom stereocenters. The molecular formula is C12H12N2O2. The molecule has 1 aromatic rings. The summed E-state index contributed by atoms with van der Waals surface area (Å²) in [6, 6.07) is 9.35. The number of rotatable bonds is 2. The smallest absolute Gasteiger partial charge is 0.237 e. The fourth-order valence-corrected chi connectivity index (χ4v) is 1.64. The molecule has 1 aliphatic heterocycles. The number of fused-ring (bicyclic) bond motifs is 1. The Hall–Kier alpha value is -2.02. The van der Waals surface area contributed by atoms with Gasteiger partial charge in [-0.1, -0.05) is 18.2 Å². The zero-order valence-corrected chi connectivity index (χ0v) is 8.93. The second-order valence-corrected chi connectivity index (χ2v) is 3.76. The van der Waals surface area contributed by atoms with Gasteiger partial charge in [-0.25, -0.2) is 0 Å². The number of ether oxygens (including phenoxy) is 1. The number of nitrogens with zero attached hydrogens (tertiary/aromatic N) is 1. The Morgan fingerprint density at radius 3 is 3.12 bits per heavy atom. The Morgan fingerprint density at radius 2 is 2.38 bits per heavy atom. The molecule has 0 saturated heterocycles. The van der Waals surface area contributed by atoms with E-state index < -0.39 is 5.92 Å². The maximum absolute atomic E-state index is 11.6. The molecule has 2 unspecified atom stereocenters. The molecular weight excluding hydrogens is 204 g/mol. The summed E-state index contributed by atoms with van der Waals surface area (Å²) >= 11 is 0. The van der Waals surface area contributed by atoms with E-state index in [1.54, 1.807) is 6.92 Å². The van der Waals surface area contributed by atoms with E-state index in [2.05, 4.69) is 5.32 Å². The number of hydrogen-bond acceptors (Lipinski definition) is 3. The van der Waals surface area contributed by atoms with Crippen LogP contribution >= 0.6 is 0 Å². The predicted octanol–water partition coefficient (Wildman–Crippen LogP) is 1.40. The SMILES string of the molecule is CC(C#N)C(=O)NC1COc2ccccc21. The van der Waals surface area contributed by atoms with Crippen LogP contribution in [0.25, 0.3) is 0 Å². The quantitative estimate of drug-likeness (QED) is 0.812. The van der Waals surface area contributed by atoms with Crippen molar-refractivity contribution < 1.29 is 9.53 Å². The molecule has 2 rings (SSSR count). The largest absolute Gasteiger partial charge is 0.491 e. The first-order chi connectivity index (χ1) is 7.72. The summed E-state index contributed by atoms with van der Waals surface area (Å²) in [6.45, 7) is 2.01. The van der Waals surface area contributed by atoms with Crippen molar-refractivity contribution in [2.24, 2.45) is 5.92 Å². The molecule has 1 aromatic carbocycles. The van der Waals surface area contributed by atoms with Gasteiger partial charge in [-0.05, 0) is 13.0 Å². The Labute approximate surface area is 93.8 Å². The molecule has 0 aliphatic carbocycles. The number of amides is 1. The molecule has 1 amide bonds. The van der Waals surface area contributed by atoms with E-state index in [1.807, 2.05) is 30.3 Å². The summed E-state index contributed by atoms with van der Waals surface area (Å²) in [4.78, 5) is 11.6. The number of benzene rings is 1. The van der Waals surface area contributed by atoms with Gasteiger partial charge in [0.25, 0.3) is 0 Å². The number of nitrogens with one attached hydrogen (secondary N) is 1. The van der Waals surface area contributed by atoms with E-state index in [0.717, 1.165) is 11.3 Å². The minimum absolute atomic E-state index is 0.139. The van der Waals surface area contributed by atoms with Crippen molar-refractivity contribution >= 4 is 5.91 Å². The van der Waals surface area contributed by atoms with E-state index in [0.29, 0.717) is 6.61 Å². The van der Waals surface area contributed by atoms with Crippen molar-refractivity contribution in [3.8, 4) is 11.8 Å². The molecule has 1 N–H and O–H groups in total. The van der Waals surface area contributed by atoms with Crippen molar-refractivity contribution in [1.29, 1.82) is 5.26 Å². The number of para-hydroxylation sites is 1. The van der Waals surface area contributed by atoms with Crippen LogP contribution in [0.5, 0.6) is 5.75 Å². The molecule has 1 heterocycles. The van der Waals surface area contributed by atoms with Gasteiger partial charge in [0.05, 0.1) is 12.1 Å². The lowest BCUT2D eigenvalue weighted by atomic mass is 10.1. The Bertz CT molecular complexity index is 451. The lowest BCUT2D eigenvalue weighted by Crippen LogP contribution is -2.33. The highest BCUT2D eigenvalue weighted by atomic mass is 16.5. The second kappa shape index (κ2) is 4.23. The number of carbonyl (C=O) groups is 1. The van der Waals surface area contributed by atoms with Gasteiger partial charge in [-0.15, -0.1) is 0 Å². The van der Waals surface area contributed by atoms with E-state index in [-0.39, 0.29) is 11.9 Å². The molecule has 0 bridgehead atoms. The Kier molecular flexibility index (Phi) is 2.78. The summed E-state index contributed by atoms with van der Waals surface area (Å²) in [5.41, 5.74) is 0.973. The fourth-order valence-electron chi connectivity index (χ4n) is 1.64. The normalized spacial score (nSPS) is 19.1. The van der Waals surface area contributed by atoms with Crippen LogP contribution in [-0.2, 0) is 4.79 Å². The van der Waals surface area contributed by atoms with Gasteiger partial charge < -0.3 is 10.1 Å². The predicted molar refractivity (Wildman–Crippen MR) is 57.6 cm³/mol. The molecule has 0 spiro atoms. The van der Waals surface area contributed by atoms with E-state index in [9.17, 15) is 4.79 Å². The highest BCUT2D eigenvalue weighted by Gasteiger charge is 2.26. The summed E-state index contributed by atoms with van der Waals surface area (Å²) in [6.07, 6.45) is 0. The minimum Gasteiger partial charge on any atom is -0.491 e. The third-order valence-electron chi connectivity index (χ3n) is 2.60. The lowest BCUT2D eigenvalue weighted by molar-refractivity contribution is -0.123. The molecule has 4 nitrogen and oxygen atoms in total. The van der Waals surface area contributed by atoms with Crippen molar-refractivity contribution in [3.05, 3.63) is 29.8 Å². The summed E-state index contributed by atoms with van der Waals surface area (Å²) in [5.74, 6) is -0.0852. The van der Waals surface area contributed by atoms with Gasteiger partial charge in [0.2, 0.25) is 5.91 Å². The lowest BCUT2D eigenvalue weighted by Gasteiger charge is -2.12. The monoisotopic (exact) mass is 216 g/mol. The minimum atomic E-state index is -0.632. The number of carbonyl (C=O) groups excluding carboxylic acids is 1. The molecule has 1 aliphatic rings. The van der Waals surface area contributed by atoms with Gasteiger partial charge in [-0.3, -0.25) is 4.79 Å². The topological polar surface area (TPSA) is 62.1 Å². The van der Waals surface area contributed by atoms with Crippen LogP contribution in [-0.4, -0.2) is 12.5 Å². The van der Waals surface area contributed by atoms with Crippen molar-refractivity contribution in [2.75, 3.05) is 6.61 Å². The second-order valence-electron chi connectivity index (χ2n) is 3.76. The van der Waals surface area contributed by atoms with Crippen molar-refractivity contribution in [2.45, 2.75) is 13.0 Å². The van der Waals surface area contributed by atoms with Crippen LogP contribution in [0.1, 0.15) is 18.5 Å². The number of hydrogen-bond donors (Lipinski definition) is 1. The van der Waals surface area contributed by atoms with Gasteiger partial charge in [0.1, 0.15) is 18.3 Å². The maximum Gasteiger partial charge on any atom is 0.237 e. The molecule has 0 aromatic heterocycles. The fraction of sp³-hybridized carbons (Fsp3) is 0.333. The first kappa shape index (κ1) is 10.5. The highest BCUT2D eigenvalue weighted by Crippen LogP contribution is 2.31. The van der Waals surface area contributed by atoms with Crippen LogP contribution in [0.3, 0.4) is 0 Å². The summed E-state index contributed by atoms with van der Waals surface area (Å²) < 4.78 is 5.43. The summed E-state index contributed by atoms with van der Waals surface area (Å²) in [7, 11) is 0. The van der Waals surface area contributed by atoms with Crippen LogP contribution in [0, 0.1) is 17.2 Å². The molecule has 82 valence electrons. The standard InChI is InChI=1S/C12H12N2O2/c1-8(6-13)12(15)14-10-7-16-11-5-3-2-4-9(10)11/h2-5,8,10H,7H2,1H3,(H,14,15). The van der Waals surface area contributed by atoms with E-state index in [4.69, 9.17) is 10.00 Å². The van der Waals surface area contributed by atoms with Crippen molar-refractivity contribution in [1.82, 2.24) is 5.32 Å². The van der Waals surface area contributed by atoms with Gasteiger partial charge in [0, 0.05) is 5.56 Å². The van der Waals surface area contributed by atoms with E-state index >= 15 is 0 Å². The third kappa shape index (κ3) is 1.84. The molecule has 0 radical (unpaired) electrons. The Morgan fingerprint density at radius 1 is 1.62 bits per heavy atom. The molecule has 4 heteroatoms. The highest BCUT2D eigenvalue weighted by molar-refractivity contribution is 5.81. The summed E-state index contributed by atoms with van der Waals surface area (Å²) in [5, 5.41) is 11.4. The van der Waals surface area contributed by atoms with Crippen LogP contribution < -0.4 is 10.1 Å². The first-order valence-electron chi connectivity index (χ1n) is 5.14. The molecule has 0 fully saturated rings. The maximum atomic E-state index is 11.6. The van der Waals surface area contributed by atoms with Crippen LogP contribution in [0.4, 0.5) is 0 Å². The molecule has 16 heavy (non-hydrogen) atoms. The van der Waals surface area contributed by atoms with Gasteiger partial charge >= 0.3 is 0 Å². The zero-order valence-electron chi connectivity index (χ0n) is 8.93.